The first-order valence-electron chi connectivity index (χ1n) is 20.2. The van der Waals surface area contributed by atoms with Crippen LogP contribution in [0.25, 0.3) is 0 Å². The van der Waals surface area contributed by atoms with Gasteiger partial charge in [0.1, 0.15) is 13.2 Å². The van der Waals surface area contributed by atoms with Crippen molar-refractivity contribution in [2.24, 2.45) is 0 Å². The van der Waals surface area contributed by atoms with E-state index in [4.69, 9.17) is 9.05 Å². The highest BCUT2D eigenvalue weighted by Gasteiger charge is 2.23. The quantitative estimate of drug-likeness (QED) is 0.0290. The van der Waals surface area contributed by atoms with Gasteiger partial charge >= 0.3 is 0 Å². The maximum absolute atomic E-state index is 12.7. The summed E-state index contributed by atoms with van der Waals surface area (Å²) < 4.78 is 23.1. The van der Waals surface area contributed by atoms with Crippen molar-refractivity contribution in [3.63, 3.8) is 0 Å². The minimum atomic E-state index is -4.58. The van der Waals surface area contributed by atoms with Crippen LogP contribution in [0, 0.1) is 0 Å². The minimum Gasteiger partial charge on any atom is -0.756 e. The third-order valence-corrected chi connectivity index (χ3v) is 9.88. The Kier molecular flexibility index (Phi) is 32.2. The normalized spacial score (nSPS) is 14.8. The average Bonchev–Trinajstić information content (AvgIpc) is 3.04. The smallest absolute Gasteiger partial charge is 0.268 e. The number of likely N-dealkylation sites (N-methyl/N-ethyl adjacent to an activating group) is 1. The van der Waals surface area contributed by atoms with Gasteiger partial charge in [-0.25, -0.2) is 0 Å². The van der Waals surface area contributed by atoms with Crippen LogP contribution in [0.2, 0.25) is 0 Å². The van der Waals surface area contributed by atoms with E-state index in [-0.39, 0.29) is 19.1 Å². The lowest BCUT2D eigenvalue weighted by Crippen LogP contribution is -2.45. The predicted octanol–water partition coefficient (Wildman–Crippen LogP) is 9.94. The third kappa shape index (κ3) is 35.2. The molecular formula is C40H79N2O6P. The van der Waals surface area contributed by atoms with E-state index in [1.165, 1.54) is 116 Å². The molecule has 1 unspecified atom stereocenters. The monoisotopic (exact) mass is 715 g/mol. The third-order valence-electron chi connectivity index (χ3n) is 8.91. The fourth-order valence-electron chi connectivity index (χ4n) is 5.64. The van der Waals surface area contributed by atoms with Crippen molar-refractivity contribution in [3.8, 4) is 0 Å². The van der Waals surface area contributed by atoms with Gasteiger partial charge in [-0.15, -0.1) is 0 Å². The number of rotatable bonds is 36. The van der Waals surface area contributed by atoms with Gasteiger partial charge in [-0.3, -0.25) is 9.36 Å². The van der Waals surface area contributed by atoms with E-state index in [1.807, 2.05) is 27.2 Å². The summed E-state index contributed by atoms with van der Waals surface area (Å²) >= 11 is 0. The number of carbonyl (C=O) groups is 1. The first-order valence-corrected chi connectivity index (χ1v) is 21.7. The predicted molar refractivity (Wildman–Crippen MR) is 205 cm³/mol. The minimum absolute atomic E-state index is 0.00469. The second-order valence-corrected chi connectivity index (χ2v) is 16.4. The Labute approximate surface area is 303 Å². The van der Waals surface area contributed by atoms with Gasteiger partial charge in [-0.2, -0.15) is 0 Å². The number of aliphatic hydroxyl groups is 1. The summed E-state index contributed by atoms with van der Waals surface area (Å²) in [6, 6.07) is -0.896. The summed E-state index contributed by atoms with van der Waals surface area (Å²) in [5.74, 6) is -0.211. The molecular weight excluding hydrogens is 635 g/mol. The molecule has 0 saturated carbocycles. The number of amides is 1. The van der Waals surface area contributed by atoms with Crippen LogP contribution in [0.5, 0.6) is 0 Å². The van der Waals surface area contributed by atoms with Crippen molar-refractivity contribution in [2.45, 2.75) is 187 Å². The van der Waals surface area contributed by atoms with Crippen molar-refractivity contribution >= 4 is 13.7 Å². The van der Waals surface area contributed by atoms with E-state index in [2.05, 4.69) is 31.3 Å². The molecule has 0 aliphatic carbocycles. The fourth-order valence-corrected chi connectivity index (χ4v) is 6.36. The molecule has 0 radical (unpaired) electrons. The molecule has 0 aliphatic heterocycles. The number of quaternary nitrogens is 1. The molecule has 9 heteroatoms. The van der Waals surface area contributed by atoms with E-state index in [0.29, 0.717) is 17.4 Å². The Balaban J connectivity index is 4.52. The Morgan fingerprint density at radius 3 is 1.65 bits per heavy atom. The largest absolute Gasteiger partial charge is 0.756 e. The highest BCUT2D eigenvalue weighted by molar-refractivity contribution is 7.45. The molecule has 0 aliphatic rings. The van der Waals surface area contributed by atoms with Crippen LogP contribution in [-0.4, -0.2) is 68.5 Å². The molecule has 0 aromatic rings. The van der Waals surface area contributed by atoms with Crippen molar-refractivity contribution in [1.29, 1.82) is 0 Å². The van der Waals surface area contributed by atoms with E-state index < -0.39 is 20.0 Å². The van der Waals surface area contributed by atoms with Crippen molar-refractivity contribution in [1.82, 2.24) is 5.32 Å². The molecule has 0 heterocycles. The number of hydrogen-bond acceptors (Lipinski definition) is 6. The number of unbranched alkanes of at least 4 members (excludes halogenated alkanes) is 21. The van der Waals surface area contributed by atoms with Gasteiger partial charge in [0.05, 0.1) is 39.9 Å². The van der Waals surface area contributed by atoms with Gasteiger partial charge in [0.2, 0.25) is 5.91 Å². The first-order chi connectivity index (χ1) is 23.5. The van der Waals surface area contributed by atoms with E-state index in [9.17, 15) is 19.4 Å². The van der Waals surface area contributed by atoms with Gasteiger partial charge in [-0.05, 0) is 32.1 Å². The Hall–Kier alpha value is -1.02. The second kappa shape index (κ2) is 32.9. The molecule has 1 amide bonds. The number of nitrogens with one attached hydrogen (secondary N) is 1. The topological polar surface area (TPSA) is 108 Å². The molecule has 0 bridgehead atoms. The number of carbonyl (C=O) groups excluding carboxylic acids is 1. The zero-order chi connectivity index (χ0) is 36.5. The summed E-state index contributed by atoms with van der Waals surface area (Å²) in [5, 5.41) is 13.7. The van der Waals surface area contributed by atoms with Crippen LogP contribution in [0.1, 0.15) is 174 Å². The lowest BCUT2D eigenvalue weighted by molar-refractivity contribution is -0.870. The van der Waals surface area contributed by atoms with E-state index in [0.717, 1.165) is 38.5 Å². The van der Waals surface area contributed by atoms with Crippen LogP contribution < -0.4 is 10.2 Å². The number of phosphoric acid groups is 1. The van der Waals surface area contributed by atoms with Crippen molar-refractivity contribution in [3.05, 3.63) is 24.3 Å². The molecule has 290 valence electrons. The average molecular weight is 715 g/mol. The van der Waals surface area contributed by atoms with E-state index >= 15 is 0 Å². The maximum atomic E-state index is 12.7. The molecule has 0 aromatic heterocycles. The number of nitrogens with zero attached hydrogens (tertiary/aromatic N) is 1. The van der Waals surface area contributed by atoms with Gasteiger partial charge < -0.3 is 28.8 Å². The number of hydrogen-bond donors (Lipinski definition) is 2. The van der Waals surface area contributed by atoms with Crippen LogP contribution in [-0.2, 0) is 18.4 Å². The molecule has 0 rings (SSSR count). The molecule has 2 N–H and O–H groups in total. The van der Waals surface area contributed by atoms with Crippen molar-refractivity contribution < 1.29 is 32.9 Å². The number of aliphatic hydroxyl groups excluding tert-OH is 1. The second-order valence-electron chi connectivity index (χ2n) is 15.0. The Morgan fingerprint density at radius 2 is 1.14 bits per heavy atom. The zero-order valence-electron chi connectivity index (χ0n) is 32.6. The summed E-state index contributed by atoms with van der Waals surface area (Å²) in [6.45, 7) is 4.59. The molecule has 0 fully saturated rings. The van der Waals surface area contributed by atoms with Gasteiger partial charge in [0, 0.05) is 6.42 Å². The fraction of sp³-hybridized carbons (Fsp3) is 0.875. The lowest BCUT2D eigenvalue weighted by Gasteiger charge is -2.29. The standard InChI is InChI=1S/C40H79N2O6P/c1-6-8-10-12-14-16-18-19-20-21-22-23-24-25-27-29-31-33-39(43)38(37-48-49(45,46)47-36-35-42(3,4)5)41-40(44)34-32-30-28-26-17-15-13-11-9-7-2/h24-25,31,33,38-39,43H,6-23,26-30,32,34-37H2,1-5H3,(H-,41,44,45,46)/b25-24+,33-31+/t38-,39+/m1/s1. The molecule has 0 aromatic carbocycles. The zero-order valence-corrected chi connectivity index (χ0v) is 33.5. The molecule has 0 saturated heterocycles. The molecule has 8 nitrogen and oxygen atoms in total. The first kappa shape index (κ1) is 48.0. The maximum Gasteiger partial charge on any atom is 0.268 e. The summed E-state index contributed by atoms with van der Waals surface area (Å²) in [7, 11) is 1.24. The van der Waals surface area contributed by atoms with Crippen molar-refractivity contribution in [2.75, 3.05) is 40.9 Å². The Bertz CT molecular complexity index is 860. The summed E-state index contributed by atoms with van der Waals surface area (Å²) in [5.41, 5.74) is 0. The van der Waals surface area contributed by atoms with Crippen LogP contribution in [0.4, 0.5) is 0 Å². The summed E-state index contributed by atoms with van der Waals surface area (Å²) in [6.07, 6.45) is 36.5. The number of phosphoric ester groups is 1. The highest BCUT2D eigenvalue weighted by atomic mass is 31.2. The van der Waals surface area contributed by atoms with Crippen LogP contribution in [0.3, 0.4) is 0 Å². The summed E-state index contributed by atoms with van der Waals surface area (Å²) in [4.78, 5) is 25.1. The lowest BCUT2D eigenvalue weighted by atomic mass is 10.1. The number of allylic oxidation sites excluding steroid dienone is 3. The van der Waals surface area contributed by atoms with E-state index in [1.54, 1.807) is 6.08 Å². The molecule has 49 heavy (non-hydrogen) atoms. The van der Waals surface area contributed by atoms with Crippen LogP contribution >= 0.6 is 7.82 Å². The van der Waals surface area contributed by atoms with Gasteiger partial charge in [0.25, 0.3) is 7.82 Å². The Morgan fingerprint density at radius 1 is 0.694 bits per heavy atom. The SMILES string of the molecule is CCCCCCCCCCCCC/C=C/CC/C=C/[C@H](O)[C@@H](COP(=O)([O-])OCC[N+](C)(C)C)NC(=O)CCCCCCCCCCCC. The highest BCUT2D eigenvalue weighted by Crippen LogP contribution is 2.38. The van der Waals surface area contributed by atoms with Gasteiger partial charge in [0.15, 0.2) is 0 Å². The van der Waals surface area contributed by atoms with Crippen LogP contribution in [0.15, 0.2) is 24.3 Å². The molecule has 0 spiro atoms. The molecule has 3 atom stereocenters. The van der Waals surface area contributed by atoms with Gasteiger partial charge in [-0.1, -0.05) is 160 Å².